The molecule has 0 spiro atoms. The summed E-state index contributed by atoms with van der Waals surface area (Å²) in [6, 6.07) is 0. The van der Waals surface area contributed by atoms with Gasteiger partial charge in [-0.2, -0.15) is 0 Å². The summed E-state index contributed by atoms with van der Waals surface area (Å²) in [5, 5.41) is 11.8. The maximum absolute atomic E-state index is 11.6. The second-order valence-corrected chi connectivity index (χ2v) is 4.63. The van der Waals surface area contributed by atoms with Crippen molar-refractivity contribution in [1.82, 2.24) is 5.32 Å². The molecule has 0 aromatic rings. The largest absolute Gasteiger partial charge is 0.481 e. The molecule has 16 heavy (non-hydrogen) atoms. The van der Waals surface area contributed by atoms with Crippen LogP contribution in [-0.4, -0.2) is 29.1 Å². The quantitative estimate of drug-likeness (QED) is 0.616. The van der Waals surface area contributed by atoms with E-state index >= 15 is 0 Å². The van der Waals surface area contributed by atoms with Crippen molar-refractivity contribution in [2.24, 2.45) is 11.1 Å². The Morgan fingerprint density at radius 2 is 1.88 bits per heavy atom. The summed E-state index contributed by atoms with van der Waals surface area (Å²) < 4.78 is 0. The molecular weight excluding hydrogens is 208 g/mol. The molecule has 1 saturated carbocycles. The highest BCUT2D eigenvalue weighted by Crippen LogP contribution is 2.33. The predicted molar refractivity (Wildman–Crippen MR) is 59.8 cm³/mol. The van der Waals surface area contributed by atoms with Gasteiger partial charge in [0.1, 0.15) is 0 Å². The topological polar surface area (TPSA) is 92.4 Å². The van der Waals surface area contributed by atoms with Crippen LogP contribution in [0.3, 0.4) is 0 Å². The number of amides is 1. The van der Waals surface area contributed by atoms with E-state index in [-0.39, 0.29) is 12.5 Å². The second kappa shape index (κ2) is 4.41. The smallest absolute Gasteiger partial charge is 0.311 e. The number of aliphatic carboxylic acids is 1. The van der Waals surface area contributed by atoms with Crippen molar-refractivity contribution in [3.63, 3.8) is 0 Å². The Bertz CT molecular complexity index is 294. The van der Waals surface area contributed by atoms with Crippen molar-refractivity contribution in [1.29, 1.82) is 0 Å². The molecule has 0 radical (unpaired) electrons. The number of hydrogen-bond donors (Lipinski definition) is 3. The molecule has 0 aromatic carbocycles. The van der Waals surface area contributed by atoms with Gasteiger partial charge in [-0.15, -0.1) is 0 Å². The molecule has 5 heteroatoms. The van der Waals surface area contributed by atoms with Crippen LogP contribution in [-0.2, 0) is 9.59 Å². The molecule has 4 N–H and O–H groups in total. The van der Waals surface area contributed by atoms with Gasteiger partial charge in [0.25, 0.3) is 0 Å². The Kier molecular flexibility index (Phi) is 3.57. The Labute approximate surface area is 95.4 Å². The van der Waals surface area contributed by atoms with Gasteiger partial charge in [-0.05, 0) is 25.7 Å². The van der Waals surface area contributed by atoms with Gasteiger partial charge in [-0.3, -0.25) is 9.59 Å². The van der Waals surface area contributed by atoms with Crippen LogP contribution in [0.25, 0.3) is 0 Å². The molecule has 1 fully saturated rings. The number of rotatable bonds is 6. The lowest BCUT2D eigenvalue weighted by Crippen LogP contribution is -2.48. The van der Waals surface area contributed by atoms with E-state index in [9.17, 15) is 14.7 Å². The van der Waals surface area contributed by atoms with Crippen molar-refractivity contribution in [2.75, 3.05) is 6.54 Å². The number of nitrogens with one attached hydrogen (secondary N) is 1. The molecule has 1 aliphatic rings. The average molecular weight is 228 g/mol. The first-order valence-corrected chi connectivity index (χ1v) is 5.71. The van der Waals surface area contributed by atoms with Crippen LogP contribution in [0.1, 0.15) is 39.5 Å². The molecule has 1 aliphatic carbocycles. The van der Waals surface area contributed by atoms with Crippen LogP contribution in [0.4, 0.5) is 0 Å². The van der Waals surface area contributed by atoms with Crippen LogP contribution in [0.2, 0.25) is 0 Å². The normalized spacial score (nSPS) is 17.9. The number of carbonyl (C=O) groups is 2. The summed E-state index contributed by atoms with van der Waals surface area (Å²) in [6.07, 6.45) is 2.38. The number of nitrogens with two attached hydrogens (primary N) is 1. The van der Waals surface area contributed by atoms with E-state index in [4.69, 9.17) is 5.73 Å². The molecule has 0 heterocycles. The summed E-state index contributed by atoms with van der Waals surface area (Å²) >= 11 is 0. The fraction of sp³-hybridized carbons (Fsp3) is 0.818. The molecule has 0 bridgehead atoms. The minimum atomic E-state index is -0.861. The zero-order valence-corrected chi connectivity index (χ0v) is 9.88. The summed E-state index contributed by atoms with van der Waals surface area (Å²) in [4.78, 5) is 22.8. The SMILES string of the molecule is CCC(CC)(CNC(=O)C1(N)CC1)C(=O)O. The Morgan fingerprint density at radius 3 is 2.19 bits per heavy atom. The molecule has 92 valence electrons. The predicted octanol–water partition coefficient (Wildman–Crippen LogP) is 0.485. The highest BCUT2D eigenvalue weighted by molar-refractivity contribution is 5.89. The Balaban J connectivity index is 2.56. The fourth-order valence-corrected chi connectivity index (χ4v) is 1.67. The monoisotopic (exact) mass is 228 g/mol. The van der Waals surface area contributed by atoms with Crippen LogP contribution < -0.4 is 11.1 Å². The lowest BCUT2D eigenvalue weighted by atomic mass is 9.82. The van der Waals surface area contributed by atoms with Crippen molar-refractivity contribution < 1.29 is 14.7 Å². The first kappa shape index (κ1) is 13.0. The van der Waals surface area contributed by atoms with Crippen LogP contribution in [0.5, 0.6) is 0 Å². The summed E-state index contributed by atoms with van der Waals surface area (Å²) in [7, 11) is 0. The van der Waals surface area contributed by atoms with E-state index in [0.29, 0.717) is 25.7 Å². The summed E-state index contributed by atoms with van der Waals surface area (Å²) in [6.45, 7) is 3.80. The maximum atomic E-state index is 11.6. The lowest BCUT2D eigenvalue weighted by Gasteiger charge is -2.27. The number of carbonyl (C=O) groups excluding carboxylic acids is 1. The molecule has 0 unspecified atom stereocenters. The summed E-state index contributed by atoms with van der Waals surface area (Å²) in [5.74, 6) is -1.08. The van der Waals surface area contributed by atoms with Gasteiger partial charge in [0.05, 0.1) is 11.0 Å². The van der Waals surface area contributed by atoms with Crippen LogP contribution >= 0.6 is 0 Å². The van der Waals surface area contributed by atoms with E-state index in [2.05, 4.69) is 5.32 Å². The van der Waals surface area contributed by atoms with Gasteiger partial charge >= 0.3 is 5.97 Å². The molecule has 0 aromatic heterocycles. The standard InChI is InChI=1S/C11H20N2O3/c1-3-10(4-2,9(15)16)7-13-8(14)11(12)5-6-11/h3-7,12H2,1-2H3,(H,13,14)(H,15,16). The van der Waals surface area contributed by atoms with Gasteiger partial charge in [0.15, 0.2) is 0 Å². The van der Waals surface area contributed by atoms with E-state index in [0.717, 1.165) is 0 Å². The molecule has 0 atom stereocenters. The van der Waals surface area contributed by atoms with Gasteiger partial charge in [0.2, 0.25) is 5.91 Å². The first-order chi connectivity index (χ1) is 7.40. The van der Waals surface area contributed by atoms with Crippen molar-refractivity contribution in [2.45, 2.75) is 45.1 Å². The number of hydrogen-bond acceptors (Lipinski definition) is 3. The van der Waals surface area contributed by atoms with Gasteiger partial charge in [0, 0.05) is 6.54 Å². The minimum Gasteiger partial charge on any atom is -0.481 e. The van der Waals surface area contributed by atoms with E-state index in [1.807, 2.05) is 13.8 Å². The molecular formula is C11H20N2O3. The summed E-state index contributed by atoms with van der Waals surface area (Å²) in [5.41, 5.74) is 4.13. The van der Waals surface area contributed by atoms with E-state index in [1.54, 1.807) is 0 Å². The van der Waals surface area contributed by atoms with Crippen molar-refractivity contribution >= 4 is 11.9 Å². The minimum absolute atomic E-state index is 0.160. The zero-order valence-electron chi connectivity index (χ0n) is 9.88. The number of carboxylic acids is 1. The number of carboxylic acid groups (broad SMARTS) is 1. The third kappa shape index (κ3) is 2.35. The molecule has 1 amide bonds. The van der Waals surface area contributed by atoms with E-state index in [1.165, 1.54) is 0 Å². The lowest BCUT2D eigenvalue weighted by molar-refractivity contribution is -0.149. The highest BCUT2D eigenvalue weighted by atomic mass is 16.4. The maximum Gasteiger partial charge on any atom is 0.311 e. The van der Waals surface area contributed by atoms with Crippen LogP contribution in [0, 0.1) is 5.41 Å². The zero-order chi connectivity index (χ0) is 12.4. The van der Waals surface area contributed by atoms with Crippen molar-refractivity contribution in [3.05, 3.63) is 0 Å². The Hall–Kier alpha value is -1.10. The fourth-order valence-electron chi connectivity index (χ4n) is 1.67. The highest BCUT2D eigenvalue weighted by Gasteiger charge is 2.47. The second-order valence-electron chi connectivity index (χ2n) is 4.63. The third-order valence-electron chi connectivity index (χ3n) is 3.64. The Morgan fingerprint density at radius 1 is 1.38 bits per heavy atom. The van der Waals surface area contributed by atoms with Gasteiger partial charge in [-0.1, -0.05) is 13.8 Å². The van der Waals surface area contributed by atoms with Crippen LogP contribution in [0.15, 0.2) is 0 Å². The third-order valence-corrected chi connectivity index (χ3v) is 3.64. The van der Waals surface area contributed by atoms with Gasteiger partial charge < -0.3 is 16.2 Å². The molecule has 1 rings (SSSR count). The molecule has 5 nitrogen and oxygen atoms in total. The van der Waals surface area contributed by atoms with Gasteiger partial charge in [-0.25, -0.2) is 0 Å². The van der Waals surface area contributed by atoms with Crippen molar-refractivity contribution in [3.8, 4) is 0 Å². The molecule has 0 saturated heterocycles. The molecule has 0 aliphatic heterocycles. The first-order valence-electron chi connectivity index (χ1n) is 5.71. The van der Waals surface area contributed by atoms with E-state index < -0.39 is 16.9 Å². The average Bonchev–Trinajstić information content (AvgIpc) is 2.99.